The first-order chi connectivity index (χ1) is 17.3. The summed E-state index contributed by atoms with van der Waals surface area (Å²) in [5.41, 5.74) is 3.78. The van der Waals surface area contributed by atoms with Gasteiger partial charge >= 0.3 is 220 Å². The zero-order valence-corrected chi connectivity index (χ0v) is 25.9. The van der Waals surface area contributed by atoms with Crippen molar-refractivity contribution in [2.75, 3.05) is 49.3 Å². The van der Waals surface area contributed by atoms with Crippen LogP contribution in [0.1, 0.15) is 55.4 Å². The molecule has 4 rings (SSSR count). The zero-order chi connectivity index (χ0) is 26.5. The van der Waals surface area contributed by atoms with E-state index in [9.17, 15) is 0 Å². The predicted molar refractivity (Wildman–Crippen MR) is 168 cm³/mol. The Morgan fingerprint density at radius 2 is 1.06 bits per heavy atom. The summed E-state index contributed by atoms with van der Waals surface area (Å²) >= 11 is 0. The average Bonchev–Trinajstić information content (AvgIpc) is 3.60. The van der Waals surface area contributed by atoms with Crippen LogP contribution >= 0.6 is 13.5 Å². The van der Waals surface area contributed by atoms with Crippen molar-refractivity contribution in [2.24, 2.45) is 0 Å². The predicted octanol–water partition coefficient (Wildman–Crippen LogP) is 8.86. The molecular formula is C30H50N4P2. The molecule has 6 heteroatoms. The van der Waals surface area contributed by atoms with Gasteiger partial charge < -0.3 is 0 Å². The van der Waals surface area contributed by atoms with E-state index in [1.165, 1.54) is 65.7 Å². The molecule has 4 nitrogen and oxygen atoms in total. The molecule has 0 radical (unpaired) electrons. The van der Waals surface area contributed by atoms with Gasteiger partial charge in [-0.25, -0.2) is 0 Å². The molecule has 2 aromatic heterocycles. The number of para-hydroxylation sites is 3. The molecule has 4 aromatic rings. The van der Waals surface area contributed by atoms with E-state index in [1.807, 2.05) is 6.20 Å². The standard InChI is InChI=1S/2C15H25N2P/c1-5-18(6-2,7-3,8-4)17-13-16-14-11-9-10-12-15(14)17;1-5-18(6-2,7-3,8-4)17-15-12-10-9-11-14(15)13-16-17/h2*9-13H,5-8H2,1-4H3. The van der Waals surface area contributed by atoms with Crippen LogP contribution in [0.15, 0.2) is 61.1 Å². The Morgan fingerprint density at radius 3 is 1.58 bits per heavy atom. The van der Waals surface area contributed by atoms with Gasteiger partial charge in [-0.15, -0.1) is 0 Å². The van der Waals surface area contributed by atoms with Crippen molar-refractivity contribution in [1.29, 1.82) is 0 Å². The fourth-order valence-electron chi connectivity index (χ4n) is 6.63. The molecule has 0 saturated carbocycles. The molecule has 0 aliphatic heterocycles. The van der Waals surface area contributed by atoms with Gasteiger partial charge in [-0.05, 0) is 0 Å². The van der Waals surface area contributed by atoms with E-state index in [-0.39, 0.29) is 0 Å². The molecule has 0 spiro atoms. The first-order valence-electron chi connectivity index (χ1n) is 14.2. The summed E-state index contributed by atoms with van der Waals surface area (Å²) in [5.74, 6) is 0. The molecule has 2 aromatic carbocycles. The molecule has 0 unspecified atom stereocenters. The van der Waals surface area contributed by atoms with Crippen LogP contribution in [0.2, 0.25) is 0 Å². The number of aromatic nitrogens is 4. The van der Waals surface area contributed by atoms with Crippen LogP contribution in [0, 0.1) is 0 Å². The van der Waals surface area contributed by atoms with Gasteiger partial charge in [-0.1, -0.05) is 0 Å². The van der Waals surface area contributed by atoms with Crippen LogP contribution in [-0.2, 0) is 0 Å². The Kier molecular flexibility index (Phi) is 8.74. The number of fused-ring (bicyclic) bond motifs is 2. The van der Waals surface area contributed by atoms with Gasteiger partial charge in [0.15, 0.2) is 0 Å². The van der Waals surface area contributed by atoms with E-state index >= 15 is 0 Å². The molecule has 0 saturated heterocycles. The van der Waals surface area contributed by atoms with Gasteiger partial charge in [0.25, 0.3) is 0 Å². The van der Waals surface area contributed by atoms with Gasteiger partial charge in [-0.2, -0.15) is 0 Å². The first kappa shape index (κ1) is 28.8. The second-order valence-electron chi connectivity index (χ2n) is 10.5. The summed E-state index contributed by atoms with van der Waals surface area (Å²) in [6, 6.07) is 17.2. The van der Waals surface area contributed by atoms with Crippen LogP contribution in [0.4, 0.5) is 0 Å². The molecular weight excluding hydrogens is 478 g/mol. The normalized spacial score (nSPS) is 14.6. The topological polar surface area (TPSA) is 35.6 Å². The summed E-state index contributed by atoms with van der Waals surface area (Å²) in [6.07, 6.45) is 14.2. The monoisotopic (exact) mass is 528 g/mol. The third kappa shape index (κ3) is 4.23. The Balaban J connectivity index is 0.000000201. The Labute approximate surface area is 219 Å². The third-order valence-electron chi connectivity index (χ3n) is 10.5. The molecule has 0 aliphatic rings. The van der Waals surface area contributed by atoms with E-state index in [4.69, 9.17) is 5.10 Å². The second kappa shape index (κ2) is 10.9. The fourth-order valence-corrected chi connectivity index (χ4v) is 16.5. The van der Waals surface area contributed by atoms with Gasteiger partial charge in [-0.3, -0.25) is 0 Å². The Bertz CT molecular complexity index is 1130. The third-order valence-corrected chi connectivity index (χ3v) is 26.5. The van der Waals surface area contributed by atoms with Gasteiger partial charge in [0.2, 0.25) is 0 Å². The number of hydrogen-bond acceptors (Lipinski definition) is 2. The van der Waals surface area contributed by atoms with Crippen LogP contribution in [0.3, 0.4) is 0 Å². The van der Waals surface area contributed by atoms with E-state index in [1.54, 1.807) is 0 Å². The number of imidazole rings is 1. The van der Waals surface area contributed by atoms with Crippen LogP contribution in [0.5, 0.6) is 0 Å². The molecule has 0 amide bonds. The molecule has 0 aliphatic carbocycles. The van der Waals surface area contributed by atoms with Gasteiger partial charge in [0.1, 0.15) is 0 Å². The number of hydrogen-bond donors (Lipinski definition) is 0. The van der Waals surface area contributed by atoms with Crippen molar-refractivity contribution in [3.05, 3.63) is 61.1 Å². The van der Waals surface area contributed by atoms with E-state index < -0.39 is 13.5 Å². The van der Waals surface area contributed by atoms with E-state index in [0.29, 0.717) is 0 Å². The average molecular weight is 529 g/mol. The molecule has 0 atom stereocenters. The summed E-state index contributed by atoms with van der Waals surface area (Å²) in [4.78, 5) is 4.62. The Hall–Kier alpha value is -1.76. The Morgan fingerprint density at radius 1 is 0.583 bits per heavy atom. The minimum absolute atomic E-state index is 1.13. The minimum atomic E-state index is -1.91. The molecule has 200 valence electrons. The molecule has 0 fully saturated rings. The second-order valence-corrected chi connectivity index (χ2v) is 24.0. The van der Waals surface area contributed by atoms with E-state index in [2.05, 4.69) is 124 Å². The van der Waals surface area contributed by atoms with Crippen molar-refractivity contribution in [1.82, 2.24) is 18.9 Å². The van der Waals surface area contributed by atoms with Crippen molar-refractivity contribution in [3.63, 3.8) is 0 Å². The van der Waals surface area contributed by atoms with Gasteiger partial charge in [0.05, 0.1) is 0 Å². The molecule has 0 bridgehead atoms. The number of benzene rings is 2. The summed E-state index contributed by atoms with van der Waals surface area (Å²) in [5, 5.41) is 6.07. The number of rotatable bonds is 10. The summed E-state index contributed by atoms with van der Waals surface area (Å²) in [7, 11) is 0. The maximum atomic E-state index is 4.80. The van der Waals surface area contributed by atoms with Crippen molar-refractivity contribution in [2.45, 2.75) is 55.4 Å². The van der Waals surface area contributed by atoms with Crippen LogP contribution < -0.4 is 0 Å². The summed E-state index contributed by atoms with van der Waals surface area (Å²) in [6.45, 7) is 15.1. The van der Waals surface area contributed by atoms with Crippen molar-refractivity contribution in [3.8, 4) is 0 Å². The van der Waals surface area contributed by atoms with Crippen LogP contribution in [-0.4, -0.2) is 68.2 Å². The first-order valence-corrected chi connectivity index (χ1v) is 20.0. The van der Waals surface area contributed by atoms with Gasteiger partial charge in [0, 0.05) is 0 Å². The molecule has 36 heavy (non-hydrogen) atoms. The quantitative estimate of drug-likeness (QED) is 0.193. The SMILES string of the molecule is CCP(CC)(CC)(CC)n1cnc2ccccc21.CCP(CC)(CC)(CC)n1ncc2ccccc21. The fraction of sp³-hybridized carbons (Fsp3) is 0.533. The van der Waals surface area contributed by atoms with Crippen LogP contribution in [0.25, 0.3) is 21.9 Å². The molecule has 2 heterocycles. The zero-order valence-electron chi connectivity index (χ0n) is 24.1. The maximum absolute atomic E-state index is 4.80. The summed E-state index contributed by atoms with van der Waals surface area (Å²) < 4.78 is 5.00. The van der Waals surface area contributed by atoms with Crippen molar-refractivity contribution >= 4 is 35.4 Å². The number of nitrogens with zero attached hydrogens (tertiary/aromatic N) is 4. The van der Waals surface area contributed by atoms with E-state index in [0.717, 1.165) is 5.52 Å². The van der Waals surface area contributed by atoms with Crippen molar-refractivity contribution < 1.29 is 0 Å². The molecule has 0 N–H and O–H groups in total.